The largest absolute Gasteiger partial charge is 0.481 e. The van der Waals surface area contributed by atoms with Gasteiger partial charge < -0.3 is 19.3 Å². The molecule has 8 heteroatoms. The number of allylic oxidation sites excluding steroid dienone is 4. The molecule has 0 aliphatic rings. The fourth-order valence-corrected chi connectivity index (χ4v) is 6.90. The van der Waals surface area contributed by atoms with Gasteiger partial charge in [-0.2, -0.15) is 0 Å². The molecule has 8 nitrogen and oxygen atoms in total. The second-order valence-corrected chi connectivity index (χ2v) is 16.7. The number of hydrogen-bond donors (Lipinski definition) is 1. The predicted octanol–water partition coefficient (Wildman–Crippen LogP) is 14.0. The number of carboxylic acid groups (broad SMARTS) is 1. The summed E-state index contributed by atoms with van der Waals surface area (Å²) in [6, 6.07) is 0. The van der Waals surface area contributed by atoms with Gasteiger partial charge in [-0.25, -0.2) is 0 Å². The molecule has 0 fully saturated rings. The second-order valence-electron chi connectivity index (χ2n) is 16.7. The maximum atomic E-state index is 12.8. The van der Waals surface area contributed by atoms with Crippen LogP contribution < -0.4 is 0 Å². The summed E-state index contributed by atoms with van der Waals surface area (Å²) in [6.07, 6.45) is 41.5. The van der Waals surface area contributed by atoms with E-state index in [-0.39, 0.29) is 49.8 Å². The van der Waals surface area contributed by atoms with Gasteiger partial charge in [-0.15, -0.1) is 0 Å². The maximum Gasteiger partial charge on any atom is 0.306 e. The lowest BCUT2D eigenvalue weighted by Crippen LogP contribution is -2.31. The third kappa shape index (κ3) is 41.3. The molecule has 57 heavy (non-hydrogen) atoms. The Bertz CT molecular complexity index is 965. The molecule has 0 spiro atoms. The van der Waals surface area contributed by atoms with Gasteiger partial charge in [-0.05, 0) is 88.9 Å². The van der Waals surface area contributed by atoms with Crippen LogP contribution in [0.4, 0.5) is 0 Å². The predicted molar refractivity (Wildman–Crippen MR) is 235 cm³/mol. The molecule has 0 saturated heterocycles. The third-order valence-corrected chi connectivity index (χ3v) is 10.6. The summed E-state index contributed by atoms with van der Waals surface area (Å²) in [4.78, 5) is 48.9. The number of unbranched alkanes of at least 4 members (excludes halogenated alkanes) is 22. The van der Waals surface area contributed by atoms with E-state index in [1.807, 2.05) is 13.8 Å². The van der Waals surface area contributed by atoms with E-state index in [1.54, 1.807) is 0 Å². The highest BCUT2D eigenvalue weighted by atomic mass is 16.6. The fourth-order valence-electron chi connectivity index (χ4n) is 6.90. The van der Waals surface area contributed by atoms with Crippen molar-refractivity contribution in [2.75, 3.05) is 13.2 Å². The van der Waals surface area contributed by atoms with Gasteiger partial charge in [-0.3, -0.25) is 19.2 Å². The Kier molecular flexibility index (Phi) is 39.6. The van der Waals surface area contributed by atoms with E-state index in [0.717, 1.165) is 64.2 Å². The van der Waals surface area contributed by atoms with Crippen LogP contribution in [-0.2, 0) is 33.4 Å². The zero-order valence-corrected chi connectivity index (χ0v) is 37.4. The van der Waals surface area contributed by atoms with Crippen LogP contribution in [0.3, 0.4) is 0 Å². The van der Waals surface area contributed by atoms with E-state index in [2.05, 4.69) is 38.2 Å². The summed E-state index contributed by atoms with van der Waals surface area (Å²) in [6.45, 7) is 8.03. The average molecular weight is 805 g/mol. The molecular weight excluding hydrogens is 717 g/mol. The van der Waals surface area contributed by atoms with E-state index in [0.29, 0.717) is 25.7 Å². The molecule has 1 N–H and O–H groups in total. The van der Waals surface area contributed by atoms with Crippen molar-refractivity contribution in [2.45, 2.75) is 239 Å². The lowest BCUT2D eigenvalue weighted by Gasteiger charge is -2.20. The van der Waals surface area contributed by atoms with Crippen molar-refractivity contribution in [1.82, 2.24) is 0 Å². The first kappa shape index (κ1) is 54.4. The molecular formula is C49H88O8. The molecule has 2 atom stereocenters. The van der Waals surface area contributed by atoms with E-state index in [4.69, 9.17) is 19.3 Å². The van der Waals surface area contributed by atoms with Crippen molar-refractivity contribution >= 4 is 23.9 Å². The van der Waals surface area contributed by atoms with Crippen LogP contribution >= 0.6 is 0 Å². The first-order valence-electron chi connectivity index (χ1n) is 23.7. The Labute approximate surface area is 350 Å². The van der Waals surface area contributed by atoms with Crippen LogP contribution in [0.5, 0.6) is 0 Å². The number of carboxylic acids is 1. The SMILES string of the molecule is CCCCCCCC/C=C\CCCCCCCC(=O)OCC(COC(=O)CCCCCCC/C=C\CCCCCCCC)OC(=O)CC(C)CCC(C)CC(=O)O. The Morgan fingerprint density at radius 1 is 0.456 bits per heavy atom. The van der Waals surface area contributed by atoms with Crippen molar-refractivity contribution < 1.29 is 38.5 Å². The zero-order chi connectivity index (χ0) is 42.0. The first-order chi connectivity index (χ1) is 27.7. The third-order valence-electron chi connectivity index (χ3n) is 10.6. The van der Waals surface area contributed by atoms with Gasteiger partial charge >= 0.3 is 23.9 Å². The highest BCUT2D eigenvalue weighted by molar-refractivity contribution is 5.71. The summed E-state index contributed by atoms with van der Waals surface area (Å²) < 4.78 is 16.6. The van der Waals surface area contributed by atoms with Crippen LogP contribution in [0.1, 0.15) is 233 Å². The Balaban J connectivity index is 4.44. The molecule has 332 valence electrons. The van der Waals surface area contributed by atoms with Crippen LogP contribution in [0.15, 0.2) is 24.3 Å². The number of carbonyl (C=O) groups excluding carboxylic acids is 3. The van der Waals surface area contributed by atoms with Crippen LogP contribution in [0, 0.1) is 11.8 Å². The monoisotopic (exact) mass is 805 g/mol. The molecule has 0 aromatic heterocycles. The lowest BCUT2D eigenvalue weighted by atomic mass is 9.94. The Morgan fingerprint density at radius 3 is 1.16 bits per heavy atom. The van der Waals surface area contributed by atoms with Gasteiger partial charge in [0.1, 0.15) is 13.2 Å². The van der Waals surface area contributed by atoms with Crippen molar-refractivity contribution in [1.29, 1.82) is 0 Å². The standard InChI is InChI=1S/C49H88O8/c1-5-7-9-11-13-15-17-19-21-23-25-27-29-31-33-35-47(52)55-41-45(57-49(54)40-44(4)38-37-43(3)39-46(50)51)42-56-48(53)36-34-32-30-28-26-24-22-20-18-16-14-12-10-8-6-2/h19-22,43-45H,5-18,23-42H2,1-4H3,(H,50,51)/b21-19-,22-20-. The molecule has 0 rings (SSSR count). The van der Waals surface area contributed by atoms with Gasteiger partial charge in [0.25, 0.3) is 0 Å². The molecule has 0 heterocycles. The van der Waals surface area contributed by atoms with Gasteiger partial charge in [0.2, 0.25) is 0 Å². The smallest absolute Gasteiger partial charge is 0.306 e. The summed E-state index contributed by atoms with van der Waals surface area (Å²) in [5.41, 5.74) is 0. The first-order valence-corrected chi connectivity index (χ1v) is 23.7. The van der Waals surface area contributed by atoms with Crippen molar-refractivity contribution in [3.8, 4) is 0 Å². The summed E-state index contributed by atoms with van der Waals surface area (Å²) in [7, 11) is 0. The molecule has 0 aromatic rings. The summed E-state index contributed by atoms with van der Waals surface area (Å²) in [5.74, 6) is -1.92. The highest BCUT2D eigenvalue weighted by Gasteiger charge is 2.21. The van der Waals surface area contributed by atoms with Gasteiger partial charge in [-0.1, -0.05) is 155 Å². The highest BCUT2D eigenvalue weighted by Crippen LogP contribution is 2.19. The number of aliphatic carboxylic acids is 1. The zero-order valence-electron chi connectivity index (χ0n) is 37.4. The minimum atomic E-state index is -0.869. The Hall–Kier alpha value is -2.64. The summed E-state index contributed by atoms with van der Waals surface area (Å²) in [5, 5.41) is 9.02. The minimum Gasteiger partial charge on any atom is -0.481 e. The average Bonchev–Trinajstić information content (AvgIpc) is 3.17. The molecule has 0 aliphatic carbocycles. The van der Waals surface area contributed by atoms with Gasteiger partial charge in [0.05, 0.1) is 0 Å². The number of ether oxygens (including phenoxy) is 3. The van der Waals surface area contributed by atoms with Crippen LogP contribution in [0.2, 0.25) is 0 Å². The number of carbonyl (C=O) groups is 4. The molecule has 0 radical (unpaired) electrons. The van der Waals surface area contributed by atoms with E-state index >= 15 is 0 Å². The van der Waals surface area contributed by atoms with E-state index in [1.165, 1.54) is 103 Å². The Morgan fingerprint density at radius 2 is 0.789 bits per heavy atom. The second kappa shape index (κ2) is 41.5. The minimum absolute atomic E-state index is 0.00162. The fraction of sp³-hybridized carbons (Fsp3) is 0.837. The maximum absolute atomic E-state index is 12.8. The summed E-state index contributed by atoms with van der Waals surface area (Å²) >= 11 is 0. The molecule has 2 unspecified atom stereocenters. The lowest BCUT2D eigenvalue weighted by molar-refractivity contribution is -0.167. The normalized spacial score (nSPS) is 12.7. The molecule has 0 amide bonds. The van der Waals surface area contributed by atoms with Crippen molar-refractivity contribution in [3.05, 3.63) is 24.3 Å². The van der Waals surface area contributed by atoms with E-state index < -0.39 is 18.0 Å². The van der Waals surface area contributed by atoms with Crippen molar-refractivity contribution in [3.63, 3.8) is 0 Å². The van der Waals surface area contributed by atoms with Crippen LogP contribution in [-0.4, -0.2) is 48.3 Å². The number of rotatable bonds is 42. The van der Waals surface area contributed by atoms with E-state index in [9.17, 15) is 19.2 Å². The number of esters is 3. The van der Waals surface area contributed by atoms with Gasteiger partial charge in [0, 0.05) is 25.7 Å². The molecule has 0 saturated carbocycles. The van der Waals surface area contributed by atoms with Crippen LogP contribution in [0.25, 0.3) is 0 Å². The quantitative estimate of drug-likeness (QED) is 0.0281. The van der Waals surface area contributed by atoms with Crippen molar-refractivity contribution in [2.24, 2.45) is 11.8 Å². The molecule has 0 aromatic carbocycles. The molecule has 0 aliphatic heterocycles. The van der Waals surface area contributed by atoms with Gasteiger partial charge in [0.15, 0.2) is 6.10 Å². The number of hydrogen-bond acceptors (Lipinski definition) is 7. The topological polar surface area (TPSA) is 116 Å². The molecule has 0 bridgehead atoms.